The molecule has 0 heterocycles. The molecular formula is C16H13Cl2F3N2O3S. The van der Waals surface area contributed by atoms with E-state index >= 15 is 0 Å². The highest BCUT2D eigenvalue weighted by molar-refractivity contribution is 7.60. The van der Waals surface area contributed by atoms with Gasteiger partial charge in [0, 0.05) is 21.2 Å². The molecule has 0 aromatic heterocycles. The van der Waals surface area contributed by atoms with E-state index in [1.165, 1.54) is 19.1 Å². The summed E-state index contributed by atoms with van der Waals surface area (Å²) in [5.41, 5.74) is -0.173. The van der Waals surface area contributed by atoms with Crippen LogP contribution in [0, 0.1) is 4.78 Å². The molecule has 1 N–H and O–H groups in total. The van der Waals surface area contributed by atoms with Crippen molar-refractivity contribution in [2.24, 2.45) is 5.16 Å². The second kappa shape index (κ2) is 10.3. The van der Waals surface area contributed by atoms with E-state index in [2.05, 4.69) is 5.16 Å². The third-order valence-electron chi connectivity index (χ3n) is 3.06. The Morgan fingerprint density at radius 1 is 1.19 bits per heavy atom. The van der Waals surface area contributed by atoms with Crippen molar-refractivity contribution in [1.82, 2.24) is 0 Å². The molecule has 0 amide bonds. The first kappa shape index (κ1) is 22.9. The van der Waals surface area contributed by atoms with Crippen LogP contribution in [0.2, 0.25) is 10.0 Å². The Morgan fingerprint density at radius 3 is 2.33 bits per heavy atom. The van der Waals surface area contributed by atoms with Gasteiger partial charge in [-0.15, -0.1) is 0 Å². The SMILES string of the molecule is C/C(=N\OCc1ccccc1Cl)c1cc(Cl)ccc1C(F)(F)F.N=S(=O)=O. The van der Waals surface area contributed by atoms with E-state index in [0.717, 1.165) is 6.07 Å². The van der Waals surface area contributed by atoms with E-state index in [-0.39, 0.29) is 22.9 Å². The lowest BCUT2D eigenvalue weighted by Crippen LogP contribution is -2.12. The van der Waals surface area contributed by atoms with Crippen molar-refractivity contribution < 1.29 is 26.4 Å². The van der Waals surface area contributed by atoms with E-state index < -0.39 is 22.2 Å². The number of nitrogens with zero attached hydrogens (tertiary/aromatic N) is 1. The molecule has 2 aromatic rings. The largest absolute Gasteiger partial charge is 0.417 e. The van der Waals surface area contributed by atoms with Crippen LogP contribution in [0.3, 0.4) is 0 Å². The molecule has 0 saturated carbocycles. The summed E-state index contributed by atoms with van der Waals surface area (Å²) in [6.45, 7) is 1.48. The highest BCUT2D eigenvalue weighted by atomic mass is 35.5. The monoisotopic (exact) mass is 440 g/mol. The van der Waals surface area contributed by atoms with E-state index in [9.17, 15) is 13.2 Å². The number of oxime groups is 1. The van der Waals surface area contributed by atoms with Crippen LogP contribution >= 0.6 is 23.2 Å². The van der Waals surface area contributed by atoms with E-state index in [1.54, 1.807) is 24.3 Å². The van der Waals surface area contributed by atoms with Crippen molar-refractivity contribution in [1.29, 1.82) is 4.78 Å². The Hall–Kier alpha value is -2.10. The smallest absolute Gasteiger partial charge is 0.391 e. The summed E-state index contributed by atoms with van der Waals surface area (Å²) in [6, 6.07) is 10.3. The Balaban J connectivity index is 0.000000828. The van der Waals surface area contributed by atoms with E-state index in [0.29, 0.717) is 10.6 Å². The fourth-order valence-corrected chi connectivity index (χ4v) is 2.29. The van der Waals surface area contributed by atoms with Gasteiger partial charge in [-0.3, -0.25) is 0 Å². The first-order chi connectivity index (χ1) is 12.5. The summed E-state index contributed by atoms with van der Waals surface area (Å²) in [4.78, 5) is 5.12. The van der Waals surface area contributed by atoms with Crippen molar-refractivity contribution in [2.45, 2.75) is 19.7 Å². The van der Waals surface area contributed by atoms with Crippen LogP contribution in [0.4, 0.5) is 13.2 Å². The van der Waals surface area contributed by atoms with Gasteiger partial charge in [0.25, 0.3) is 0 Å². The van der Waals surface area contributed by atoms with Gasteiger partial charge in [-0.1, -0.05) is 46.6 Å². The van der Waals surface area contributed by atoms with Gasteiger partial charge < -0.3 is 4.84 Å². The van der Waals surface area contributed by atoms with Crippen LogP contribution in [0.15, 0.2) is 47.6 Å². The molecule has 0 radical (unpaired) electrons. The summed E-state index contributed by atoms with van der Waals surface area (Å²) in [7, 11) is -2.61. The van der Waals surface area contributed by atoms with Crippen LogP contribution in [0.5, 0.6) is 0 Å². The predicted molar refractivity (Wildman–Crippen MR) is 96.5 cm³/mol. The molecule has 2 rings (SSSR count). The summed E-state index contributed by atoms with van der Waals surface area (Å²) in [5, 5.41) is 4.43. The minimum atomic E-state index is -4.50. The van der Waals surface area contributed by atoms with Crippen LogP contribution < -0.4 is 0 Å². The fourth-order valence-electron chi connectivity index (χ4n) is 1.93. The lowest BCUT2D eigenvalue weighted by molar-refractivity contribution is -0.137. The first-order valence-electron chi connectivity index (χ1n) is 7.10. The van der Waals surface area contributed by atoms with Crippen LogP contribution in [-0.2, 0) is 28.1 Å². The minimum Gasteiger partial charge on any atom is -0.391 e. The molecule has 0 spiro atoms. The molecule has 2 aromatic carbocycles. The lowest BCUT2D eigenvalue weighted by atomic mass is 10.0. The molecule has 27 heavy (non-hydrogen) atoms. The van der Waals surface area contributed by atoms with Gasteiger partial charge in [0.2, 0.25) is 0 Å². The molecule has 146 valence electrons. The van der Waals surface area contributed by atoms with Gasteiger partial charge in [0.15, 0.2) is 0 Å². The molecule has 0 atom stereocenters. The van der Waals surface area contributed by atoms with Crippen LogP contribution in [0.1, 0.15) is 23.6 Å². The molecule has 0 unspecified atom stereocenters. The number of halogens is 5. The average molecular weight is 441 g/mol. The van der Waals surface area contributed by atoms with Gasteiger partial charge >= 0.3 is 16.7 Å². The Morgan fingerprint density at radius 2 is 1.78 bits per heavy atom. The van der Waals surface area contributed by atoms with Crippen molar-refractivity contribution in [2.75, 3.05) is 0 Å². The number of benzene rings is 2. The first-order valence-corrected chi connectivity index (χ1v) is 8.93. The maximum absolute atomic E-state index is 13.0. The normalized spacial score (nSPS) is 11.4. The summed E-state index contributed by atoms with van der Waals surface area (Å²) in [6.07, 6.45) is -4.50. The molecule has 11 heteroatoms. The molecule has 0 aliphatic heterocycles. The molecule has 0 fully saturated rings. The maximum atomic E-state index is 13.0. The van der Waals surface area contributed by atoms with Crippen molar-refractivity contribution >= 4 is 39.4 Å². The van der Waals surface area contributed by atoms with Gasteiger partial charge in [-0.25, -0.2) is 0 Å². The fraction of sp³-hybridized carbons (Fsp3) is 0.188. The second-order valence-corrected chi connectivity index (χ2v) is 6.28. The zero-order valence-electron chi connectivity index (χ0n) is 13.7. The number of rotatable bonds is 4. The minimum absolute atomic E-state index is 0.0545. The van der Waals surface area contributed by atoms with Crippen molar-refractivity contribution in [3.05, 3.63) is 69.2 Å². The summed E-state index contributed by atoms with van der Waals surface area (Å²) in [5.74, 6) is 0. The summed E-state index contributed by atoms with van der Waals surface area (Å²) >= 11 is 11.7. The zero-order valence-corrected chi connectivity index (χ0v) is 16.0. The highest BCUT2D eigenvalue weighted by Gasteiger charge is 2.34. The zero-order chi connectivity index (χ0) is 20.6. The van der Waals surface area contributed by atoms with Gasteiger partial charge in [-0.2, -0.15) is 26.4 Å². The summed E-state index contributed by atoms with van der Waals surface area (Å²) < 4.78 is 61.9. The third kappa shape index (κ3) is 7.98. The van der Waals surface area contributed by atoms with Crippen LogP contribution in [0.25, 0.3) is 0 Å². The van der Waals surface area contributed by atoms with Crippen molar-refractivity contribution in [3.63, 3.8) is 0 Å². The molecule has 0 aliphatic rings. The van der Waals surface area contributed by atoms with Crippen LogP contribution in [-0.4, -0.2) is 14.1 Å². The predicted octanol–water partition coefficient (Wildman–Crippen LogP) is 5.58. The van der Waals surface area contributed by atoms with Gasteiger partial charge in [0.1, 0.15) is 6.61 Å². The number of hydrogen-bond acceptors (Lipinski definition) is 5. The Labute approximate surface area is 164 Å². The molecule has 5 nitrogen and oxygen atoms in total. The average Bonchev–Trinajstić information content (AvgIpc) is 2.54. The number of hydrogen-bond donors (Lipinski definition) is 1. The molecule has 0 bridgehead atoms. The standard InChI is InChI=1S/C16H12Cl2F3NO.HNO2S/c1-10(22-23-9-11-4-2-3-5-15(11)18)13-8-12(17)6-7-14(13)16(19,20)21;1-4(2)3/h2-8H,9H2,1H3;1H/b22-10+;. The maximum Gasteiger partial charge on any atom is 0.417 e. The molecule has 0 aliphatic carbocycles. The van der Waals surface area contributed by atoms with Gasteiger partial charge in [0.05, 0.1) is 11.3 Å². The van der Waals surface area contributed by atoms with Gasteiger partial charge in [-0.05, 0) is 31.2 Å². The second-order valence-electron chi connectivity index (χ2n) is 4.96. The highest BCUT2D eigenvalue weighted by Crippen LogP contribution is 2.33. The Bertz CT molecular complexity index is 926. The number of nitrogens with one attached hydrogen (secondary N) is 1. The lowest BCUT2D eigenvalue weighted by Gasteiger charge is -2.13. The Kier molecular flexibility index (Phi) is 8.74. The quantitative estimate of drug-likeness (QED) is 0.497. The van der Waals surface area contributed by atoms with E-state index in [4.69, 9.17) is 41.2 Å². The molecular weight excluding hydrogens is 428 g/mol. The van der Waals surface area contributed by atoms with E-state index in [1.807, 2.05) is 0 Å². The topological polar surface area (TPSA) is 79.6 Å². The third-order valence-corrected chi connectivity index (χ3v) is 3.66. The number of alkyl halides is 3. The molecule has 0 saturated heterocycles. The van der Waals surface area contributed by atoms with Crippen molar-refractivity contribution in [3.8, 4) is 0 Å².